The number of para-hydroxylation sites is 1. The first-order valence-electron chi connectivity index (χ1n) is 6.43. The van der Waals surface area contributed by atoms with Crippen molar-refractivity contribution in [3.8, 4) is 0 Å². The van der Waals surface area contributed by atoms with E-state index in [2.05, 4.69) is 10.1 Å². The lowest BCUT2D eigenvalue weighted by molar-refractivity contribution is -0.386. The molecule has 0 saturated heterocycles. The largest absolute Gasteiger partial charge is 0.318 e. The fraction of sp³-hybridized carbons (Fsp3) is 0.500. The van der Waals surface area contributed by atoms with Crippen molar-refractivity contribution < 1.29 is 13.3 Å². The van der Waals surface area contributed by atoms with Crippen LogP contribution in [0.4, 0.5) is 11.4 Å². The Morgan fingerprint density at radius 1 is 1.48 bits per heavy atom. The maximum absolute atomic E-state index is 12.3. The van der Waals surface area contributed by atoms with E-state index in [1.165, 1.54) is 18.2 Å². The number of nitro groups is 1. The minimum atomic E-state index is -3.96. The van der Waals surface area contributed by atoms with Crippen LogP contribution in [0.3, 0.4) is 0 Å². The van der Waals surface area contributed by atoms with Gasteiger partial charge in [0.2, 0.25) is 10.0 Å². The highest BCUT2D eigenvalue weighted by molar-refractivity contribution is 7.89. The number of nitrogens with zero attached hydrogens (tertiary/aromatic N) is 1. The molecular formula is C12H18N4O4S. The molecule has 116 valence electrons. The molecule has 1 aliphatic carbocycles. The average Bonchev–Trinajstić information content (AvgIpc) is 3.03. The fourth-order valence-corrected chi connectivity index (χ4v) is 3.53. The van der Waals surface area contributed by atoms with E-state index in [-0.39, 0.29) is 28.5 Å². The number of nitrogens with two attached hydrogens (primary N) is 1. The van der Waals surface area contributed by atoms with E-state index in [1.807, 2.05) is 13.8 Å². The third-order valence-corrected chi connectivity index (χ3v) is 5.32. The molecule has 1 aromatic carbocycles. The number of hydrogen-bond acceptors (Lipinski definition) is 6. The van der Waals surface area contributed by atoms with Crippen molar-refractivity contribution in [1.29, 1.82) is 0 Å². The lowest BCUT2D eigenvalue weighted by Crippen LogP contribution is -2.27. The molecule has 1 unspecified atom stereocenters. The first-order chi connectivity index (χ1) is 9.69. The highest BCUT2D eigenvalue weighted by atomic mass is 32.2. The van der Waals surface area contributed by atoms with Crippen molar-refractivity contribution in [2.45, 2.75) is 25.2 Å². The second kappa shape index (κ2) is 5.24. The topological polar surface area (TPSA) is 127 Å². The number of benzene rings is 1. The molecule has 8 nitrogen and oxygen atoms in total. The van der Waals surface area contributed by atoms with E-state index in [0.717, 1.165) is 6.42 Å². The number of hydrazine groups is 1. The number of anilines is 1. The van der Waals surface area contributed by atoms with Crippen molar-refractivity contribution in [2.75, 3.05) is 12.0 Å². The van der Waals surface area contributed by atoms with Gasteiger partial charge in [0.1, 0.15) is 5.69 Å². The highest BCUT2D eigenvalue weighted by Gasteiger charge is 2.45. The van der Waals surface area contributed by atoms with Crippen LogP contribution in [0.2, 0.25) is 0 Å². The molecule has 1 aromatic rings. The molecule has 1 aliphatic rings. The van der Waals surface area contributed by atoms with E-state index < -0.39 is 20.6 Å². The summed E-state index contributed by atoms with van der Waals surface area (Å²) < 4.78 is 27.0. The van der Waals surface area contributed by atoms with Crippen LogP contribution in [0.15, 0.2) is 23.1 Å². The zero-order valence-electron chi connectivity index (χ0n) is 11.8. The molecule has 4 N–H and O–H groups in total. The zero-order valence-corrected chi connectivity index (χ0v) is 12.6. The Hall–Kier alpha value is -1.71. The van der Waals surface area contributed by atoms with Crippen molar-refractivity contribution in [2.24, 2.45) is 17.2 Å². The number of sulfonamides is 1. The molecule has 0 bridgehead atoms. The lowest BCUT2D eigenvalue weighted by atomic mass is 10.1. The van der Waals surface area contributed by atoms with Gasteiger partial charge in [-0.2, -0.15) is 0 Å². The van der Waals surface area contributed by atoms with Crippen LogP contribution >= 0.6 is 0 Å². The van der Waals surface area contributed by atoms with Crippen LogP contribution in [0.25, 0.3) is 0 Å². The van der Waals surface area contributed by atoms with Crippen LogP contribution in [0, 0.1) is 21.4 Å². The van der Waals surface area contributed by atoms with E-state index in [0.29, 0.717) is 0 Å². The first-order valence-corrected chi connectivity index (χ1v) is 7.91. The quantitative estimate of drug-likeness (QED) is 0.411. The van der Waals surface area contributed by atoms with Crippen LogP contribution < -0.4 is 16.0 Å². The zero-order chi connectivity index (χ0) is 15.8. The van der Waals surface area contributed by atoms with Crippen molar-refractivity contribution in [1.82, 2.24) is 4.72 Å². The van der Waals surface area contributed by atoms with E-state index in [1.54, 1.807) is 0 Å². The fourth-order valence-electron chi connectivity index (χ4n) is 2.26. The molecule has 0 aliphatic heterocycles. The molecule has 0 heterocycles. The molecule has 0 amide bonds. The Morgan fingerprint density at radius 3 is 2.57 bits per heavy atom. The third-order valence-electron chi connectivity index (χ3n) is 3.86. The number of rotatable bonds is 6. The standard InChI is InChI=1S/C12H18N4O4S/c1-12(2)6-8(12)7-14-21(19,20)10-5-3-4-9(15-13)11(10)16(17)18/h3-5,8,14-15H,6-7,13H2,1-2H3. The summed E-state index contributed by atoms with van der Waals surface area (Å²) in [4.78, 5) is 9.97. The van der Waals surface area contributed by atoms with Crippen molar-refractivity contribution in [3.05, 3.63) is 28.3 Å². The van der Waals surface area contributed by atoms with Crippen molar-refractivity contribution >= 4 is 21.4 Å². The molecule has 1 fully saturated rings. The molecule has 2 rings (SSSR count). The minimum Gasteiger partial charge on any atom is -0.318 e. The molecule has 0 spiro atoms. The molecule has 9 heteroatoms. The van der Waals surface area contributed by atoms with Gasteiger partial charge in [-0.25, -0.2) is 13.1 Å². The summed E-state index contributed by atoms with van der Waals surface area (Å²) in [5.41, 5.74) is 1.67. The molecule has 0 radical (unpaired) electrons. The Balaban J connectivity index is 2.29. The summed E-state index contributed by atoms with van der Waals surface area (Å²) in [7, 11) is -3.96. The van der Waals surface area contributed by atoms with Gasteiger partial charge in [-0.15, -0.1) is 0 Å². The van der Waals surface area contributed by atoms with Crippen LogP contribution in [-0.2, 0) is 10.0 Å². The second-order valence-corrected chi connectivity index (χ2v) is 7.53. The Bertz CT molecular complexity index is 672. The number of nitrogen functional groups attached to an aromatic ring is 1. The van der Waals surface area contributed by atoms with Gasteiger partial charge in [0.15, 0.2) is 4.90 Å². The predicted octanol–water partition coefficient (Wildman–Crippen LogP) is 1.20. The minimum absolute atomic E-state index is 0.0466. The summed E-state index contributed by atoms with van der Waals surface area (Å²) in [6, 6.07) is 3.94. The summed E-state index contributed by atoms with van der Waals surface area (Å²) in [6.07, 6.45) is 0.933. The Kier molecular flexibility index (Phi) is 3.91. The van der Waals surface area contributed by atoms with Crippen LogP contribution in [-0.4, -0.2) is 19.9 Å². The SMILES string of the molecule is CC1(C)CC1CNS(=O)(=O)c1cccc(NN)c1[N+](=O)[O-]. The van der Waals surface area contributed by atoms with Gasteiger partial charge in [-0.05, 0) is 29.9 Å². The maximum Gasteiger partial charge on any atom is 0.313 e. The van der Waals surface area contributed by atoms with Gasteiger partial charge in [0.25, 0.3) is 0 Å². The Morgan fingerprint density at radius 2 is 2.10 bits per heavy atom. The van der Waals surface area contributed by atoms with E-state index in [4.69, 9.17) is 5.84 Å². The number of nitrogens with one attached hydrogen (secondary N) is 2. The maximum atomic E-state index is 12.3. The molecule has 1 atom stereocenters. The van der Waals surface area contributed by atoms with E-state index >= 15 is 0 Å². The predicted molar refractivity (Wildman–Crippen MR) is 78.0 cm³/mol. The van der Waals surface area contributed by atoms with Gasteiger partial charge in [-0.1, -0.05) is 19.9 Å². The Labute approximate surface area is 122 Å². The second-order valence-electron chi connectivity index (χ2n) is 5.80. The van der Waals surface area contributed by atoms with Crippen LogP contribution in [0.5, 0.6) is 0 Å². The summed E-state index contributed by atoms with van der Waals surface area (Å²) in [6.45, 7) is 4.37. The van der Waals surface area contributed by atoms with Gasteiger partial charge in [0.05, 0.1) is 4.92 Å². The van der Waals surface area contributed by atoms with E-state index in [9.17, 15) is 18.5 Å². The molecule has 0 aromatic heterocycles. The molecular weight excluding hydrogens is 296 g/mol. The van der Waals surface area contributed by atoms with Gasteiger partial charge in [0, 0.05) is 6.54 Å². The van der Waals surface area contributed by atoms with Gasteiger partial charge >= 0.3 is 5.69 Å². The normalized spacial score (nSPS) is 20.0. The summed E-state index contributed by atoms with van der Waals surface area (Å²) in [5, 5.41) is 11.1. The number of hydrogen-bond donors (Lipinski definition) is 3. The first kappa shape index (κ1) is 15.7. The summed E-state index contributed by atoms with van der Waals surface area (Å²) in [5.74, 6) is 5.45. The highest BCUT2D eigenvalue weighted by Crippen LogP contribution is 2.51. The third kappa shape index (κ3) is 3.14. The number of nitro benzene ring substituents is 1. The smallest absolute Gasteiger partial charge is 0.313 e. The van der Waals surface area contributed by atoms with Crippen LogP contribution in [0.1, 0.15) is 20.3 Å². The van der Waals surface area contributed by atoms with Crippen molar-refractivity contribution in [3.63, 3.8) is 0 Å². The monoisotopic (exact) mass is 314 g/mol. The molecule has 1 saturated carbocycles. The molecule has 21 heavy (non-hydrogen) atoms. The van der Waals surface area contributed by atoms with Gasteiger partial charge in [-0.3, -0.25) is 16.0 Å². The average molecular weight is 314 g/mol. The summed E-state index contributed by atoms with van der Waals surface area (Å²) >= 11 is 0. The lowest BCUT2D eigenvalue weighted by Gasteiger charge is -2.10. The van der Waals surface area contributed by atoms with Gasteiger partial charge < -0.3 is 5.43 Å².